The highest BCUT2D eigenvalue weighted by Crippen LogP contribution is 2.19. The van der Waals surface area contributed by atoms with Gasteiger partial charge >= 0.3 is 0 Å². The van der Waals surface area contributed by atoms with Crippen LogP contribution >= 0.6 is 0 Å². The van der Waals surface area contributed by atoms with E-state index < -0.39 is 10.0 Å². The van der Waals surface area contributed by atoms with E-state index in [4.69, 9.17) is 0 Å². The van der Waals surface area contributed by atoms with Crippen LogP contribution in [0.15, 0.2) is 30.7 Å². The summed E-state index contributed by atoms with van der Waals surface area (Å²) in [5.41, 5.74) is 3.70. The van der Waals surface area contributed by atoms with Crippen molar-refractivity contribution in [1.82, 2.24) is 9.97 Å². The molecule has 0 saturated heterocycles. The lowest BCUT2D eigenvalue weighted by Gasteiger charge is -2.10. The molecule has 0 spiro atoms. The van der Waals surface area contributed by atoms with Crippen molar-refractivity contribution in [1.29, 1.82) is 0 Å². The second-order valence-corrected chi connectivity index (χ2v) is 6.40. The van der Waals surface area contributed by atoms with Crippen molar-refractivity contribution in [2.24, 2.45) is 0 Å². The molecule has 0 aliphatic rings. The van der Waals surface area contributed by atoms with Crippen molar-refractivity contribution in [3.63, 3.8) is 0 Å². The first-order valence-electron chi connectivity index (χ1n) is 6.08. The van der Waals surface area contributed by atoms with Crippen LogP contribution in [0.2, 0.25) is 0 Å². The third-order valence-electron chi connectivity index (χ3n) is 2.93. The largest absolute Gasteiger partial charge is 0.351 e. The molecular formula is C13H17N3O2S. The zero-order valence-electron chi connectivity index (χ0n) is 11.0. The quantitative estimate of drug-likeness (QED) is 0.879. The van der Waals surface area contributed by atoms with Gasteiger partial charge in [-0.25, -0.2) is 13.4 Å². The van der Waals surface area contributed by atoms with E-state index >= 15 is 0 Å². The van der Waals surface area contributed by atoms with Crippen LogP contribution in [0.5, 0.6) is 0 Å². The molecule has 0 radical (unpaired) electrons. The van der Waals surface area contributed by atoms with Crippen LogP contribution in [0.1, 0.15) is 23.7 Å². The van der Waals surface area contributed by atoms with Gasteiger partial charge in [0.1, 0.15) is 0 Å². The molecule has 0 aliphatic carbocycles. The molecule has 102 valence electrons. The van der Waals surface area contributed by atoms with Gasteiger partial charge in [0, 0.05) is 18.3 Å². The van der Waals surface area contributed by atoms with Crippen LogP contribution in [0, 0.1) is 6.92 Å². The van der Waals surface area contributed by atoms with Gasteiger partial charge in [0.2, 0.25) is 10.0 Å². The summed E-state index contributed by atoms with van der Waals surface area (Å²) in [6, 6.07) is 5.54. The van der Waals surface area contributed by atoms with Gasteiger partial charge in [-0.05, 0) is 37.1 Å². The fourth-order valence-electron chi connectivity index (χ4n) is 1.76. The smallest absolute Gasteiger partial charge is 0.232 e. The van der Waals surface area contributed by atoms with Crippen LogP contribution in [-0.4, -0.2) is 24.1 Å². The van der Waals surface area contributed by atoms with Crippen molar-refractivity contribution >= 4 is 15.7 Å². The van der Waals surface area contributed by atoms with E-state index in [1.54, 1.807) is 19.3 Å². The first-order valence-corrected chi connectivity index (χ1v) is 7.73. The van der Waals surface area contributed by atoms with Gasteiger partial charge < -0.3 is 4.98 Å². The van der Waals surface area contributed by atoms with E-state index in [1.165, 1.54) is 0 Å². The molecule has 1 aromatic heterocycles. The highest BCUT2D eigenvalue weighted by atomic mass is 32.2. The van der Waals surface area contributed by atoms with Gasteiger partial charge in [0.15, 0.2) is 0 Å². The van der Waals surface area contributed by atoms with Gasteiger partial charge in [-0.2, -0.15) is 0 Å². The predicted octanol–water partition coefficient (Wildman–Crippen LogP) is 2.07. The normalized spacial score (nSPS) is 11.5. The van der Waals surface area contributed by atoms with E-state index in [2.05, 4.69) is 14.7 Å². The average Bonchev–Trinajstić information content (AvgIpc) is 2.86. The van der Waals surface area contributed by atoms with E-state index in [0.717, 1.165) is 16.8 Å². The number of aromatic amines is 1. The Morgan fingerprint density at radius 2 is 2.16 bits per heavy atom. The fourth-order valence-corrected chi connectivity index (χ4v) is 2.39. The molecule has 5 nitrogen and oxygen atoms in total. The number of aryl methyl sites for hydroxylation is 1. The van der Waals surface area contributed by atoms with Crippen molar-refractivity contribution in [3.8, 4) is 0 Å². The molecule has 0 saturated carbocycles. The van der Waals surface area contributed by atoms with Crippen molar-refractivity contribution in [2.75, 3.05) is 10.5 Å². The first-order chi connectivity index (χ1) is 9.00. The molecule has 0 bridgehead atoms. The molecule has 0 aliphatic heterocycles. The first kappa shape index (κ1) is 13.6. The van der Waals surface area contributed by atoms with Gasteiger partial charge in [0.05, 0.1) is 17.8 Å². The average molecular weight is 279 g/mol. The Bertz CT molecular complexity index is 649. The molecule has 0 fully saturated rings. The van der Waals surface area contributed by atoms with Crippen LogP contribution in [0.4, 0.5) is 5.69 Å². The number of hydrogen-bond acceptors (Lipinski definition) is 3. The van der Waals surface area contributed by atoms with E-state index in [1.807, 2.05) is 25.3 Å². The van der Waals surface area contributed by atoms with Gasteiger partial charge in [-0.3, -0.25) is 4.72 Å². The number of nitrogens with zero attached hydrogens (tertiary/aromatic N) is 1. The van der Waals surface area contributed by atoms with Crippen LogP contribution < -0.4 is 4.72 Å². The standard InChI is InChI=1S/C13H17N3O2S/c1-3-19(17,18)16-12-5-4-10(2)11(6-12)7-13-8-14-9-15-13/h4-6,8-9,16H,3,7H2,1-2H3,(H,14,15). The lowest BCUT2D eigenvalue weighted by Crippen LogP contribution is -2.14. The Morgan fingerprint density at radius 3 is 2.79 bits per heavy atom. The Balaban J connectivity index is 2.24. The number of H-pyrrole nitrogens is 1. The molecule has 2 rings (SSSR count). The third kappa shape index (κ3) is 3.57. The number of benzene rings is 1. The van der Waals surface area contributed by atoms with Gasteiger partial charge in [-0.15, -0.1) is 0 Å². The maximum Gasteiger partial charge on any atom is 0.232 e. The van der Waals surface area contributed by atoms with Crippen molar-refractivity contribution in [2.45, 2.75) is 20.3 Å². The minimum Gasteiger partial charge on any atom is -0.351 e. The summed E-state index contributed by atoms with van der Waals surface area (Å²) in [4.78, 5) is 7.09. The molecule has 6 heteroatoms. The second-order valence-electron chi connectivity index (χ2n) is 4.38. The lowest BCUT2D eigenvalue weighted by molar-refractivity contribution is 0.602. The van der Waals surface area contributed by atoms with Crippen LogP contribution in [0.3, 0.4) is 0 Å². The fraction of sp³-hybridized carbons (Fsp3) is 0.308. The molecule has 1 aromatic carbocycles. The number of hydrogen-bond donors (Lipinski definition) is 2. The number of sulfonamides is 1. The molecule has 2 aromatic rings. The SMILES string of the molecule is CCS(=O)(=O)Nc1ccc(C)c(Cc2c[nH]cn2)c1. The monoisotopic (exact) mass is 279 g/mol. The third-order valence-corrected chi connectivity index (χ3v) is 4.24. The molecular weight excluding hydrogens is 262 g/mol. The number of imidazole rings is 1. The minimum absolute atomic E-state index is 0.0651. The number of rotatable bonds is 5. The number of aromatic nitrogens is 2. The zero-order chi connectivity index (χ0) is 13.9. The second kappa shape index (κ2) is 5.44. The summed E-state index contributed by atoms with van der Waals surface area (Å²) in [6.07, 6.45) is 4.15. The Morgan fingerprint density at radius 1 is 1.37 bits per heavy atom. The maximum absolute atomic E-state index is 11.6. The predicted molar refractivity (Wildman–Crippen MR) is 75.7 cm³/mol. The summed E-state index contributed by atoms with van der Waals surface area (Å²) >= 11 is 0. The Labute approximate surface area is 113 Å². The van der Waals surface area contributed by atoms with Gasteiger partial charge in [0.25, 0.3) is 0 Å². The summed E-state index contributed by atoms with van der Waals surface area (Å²) < 4.78 is 25.7. The lowest BCUT2D eigenvalue weighted by atomic mass is 10.0. The highest BCUT2D eigenvalue weighted by Gasteiger charge is 2.09. The molecule has 0 amide bonds. The van der Waals surface area contributed by atoms with Crippen LogP contribution in [-0.2, 0) is 16.4 Å². The summed E-state index contributed by atoms with van der Waals surface area (Å²) in [5.74, 6) is 0.0651. The molecule has 2 N–H and O–H groups in total. The molecule has 0 atom stereocenters. The van der Waals surface area contributed by atoms with E-state index in [9.17, 15) is 8.42 Å². The van der Waals surface area contributed by atoms with Crippen molar-refractivity contribution < 1.29 is 8.42 Å². The van der Waals surface area contributed by atoms with Crippen LogP contribution in [0.25, 0.3) is 0 Å². The summed E-state index contributed by atoms with van der Waals surface area (Å²) in [5, 5.41) is 0. The number of anilines is 1. The maximum atomic E-state index is 11.6. The topological polar surface area (TPSA) is 74.8 Å². The molecule has 1 heterocycles. The zero-order valence-corrected chi connectivity index (χ0v) is 11.8. The molecule has 0 unspecified atom stereocenters. The van der Waals surface area contributed by atoms with E-state index in [0.29, 0.717) is 12.1 Å². The number of nitrogens with one attached hydrogen (secondary N) is 2. The van der Waals surface area contributed by atoms with Crippen molar-refractivity contribution in [3.05, 3.63) is 47.5 Å². The van der Waals surface area contributed by atoms with Gasteiger partial charge in [-0.1, -0.05) is 6.07 Å². The Kier molecular flexibility index (Phi) is 3.90. The molecule has 19 heavy (non-hydrogen) atoms. The minimum atomic E-state index is -3.24. The highest BCUT2D eigenvalue weighted by molar-refractivity contribution is 7.92. The summed E-state index contributed by atoms with van der Waals surface area (Å²) in [7, 11) is -3.24. The van der Waals surface area contributed by atoms with E-state index in [-0.39, 0.29) is 5.75 Å². The summed E-state index contributed by atoms with van der Waals surface area (Å²) in [6.45, 7) is 3.61. The Hall–Kier alpha value is -1.82.